The lowest BCUT2D eigenvalue weighted by Gasteiger charge is -2.17. The Hall–Kier alpha value is -0.260. The lowest BCUT2D eigenvalue weighted by Crippen LogP contribution is -2.03. The molecule has 0 rings (SSSR count). The third-order valence-corrected chi connectivity index (χ3v) is 4.44. The fourth-order valence-electron chi connectivity index (χ4n) is 2.90. The maximum Gasteiger partial charge on any atom is -0.0351 e. The molecule has 0 bridgehead atoms. The Morgan fingerprint density at radius 3 is 1.41 bits per heavy atom. The molecule has 0 saturated carbocycles. The third-order valence-electron chi connectivity index (χ3n) is 4.44. The Balaban J connectivity index is 3.11. The van der Waals surface area contributed by atoms with E-state index < -0.39 is 0 Å². The Labute approximate surface area is 142 Å². The average Bonchev–Trinajstić information content (AvgIpc) is 2.45. The summed E-state index contributed by atoms with van der Waals surface area (Å²) in [4.78, 5) is 0. The van der Waals surface area contributed by atoms with Crippen molar-refractivity contribution in [2.45, 2.75) is 124 Å². The summed E-state index contributed by atoms with van der Waals surface area (Å²) in [5, 5.41) is 0. The van der Waals surface area contributed by atoms with Crippen LogP contribution in [0, 0.1) is 5.41 Å². The predicted octanol–water partition coefficient (Wildman–Crippen LogP) is 8.46. The Kier molecular flexibility index (Phi) is 15.4. The number of hydrogen-bond acceptors (Lipinski definition) is 0. The quantitative estimate of drug-likeness (QED) is 0.210. The lowest BCUT2D eigenvalue weighted by atomic mass is 9.89. The highest BCUT2D eigenvalue weighted by atomic mass is 14.1. The van der Waals surface area contributed by atoms with Crippen LogP contribution in [0.15, 0.2) is 12.2 Å². The van der Waals surface area contributed by atoms with E-state index in [-0.39, 0.29) is 0 Å². The summed E-state index contributed by atoms with van der Waals surface area (Å²) in [6.07, 6.45) is 25.9. The van der Waals surface area contributed by atoms with E-state index in [9.17, 15) is 0 Å². The molecule has 0 saturated heterocycles. The molecule has 0 unspecified atom stereocenters. The van der Waals surface area contributed by atoms with Gasteiger partial charge >= 0.3 is 0 Å². The number of allylic oxidation sites excluding steroid dienone is 2. The molecule has 0 nitrogen and oxygen atoms in total. The zero-order valence-corrected chi connectivity index (χ0v) is 16.3. The Morgan fingerprint density at radius 2 is 0.955 bits per heavy atom. The maximum atomic E-state index is 2.42. The molecule has 0 aromatic heterocycles. The normalized spacial score (nSPS) is 12.4. The van der Waals surface area contributed by atoms with Crippen LogP contribution in [0.4, 0.5) is 0 Å². The van der Waals surface area contributed by atoms with Crippen molar-refractivity contribution in [1.29, 1.82) is 0 Å². The smallest absolute Gasteiger partial charge is 0.0351 e. The fraction of sp³-hybridized carbons (Fsp3) is 0.909. The van der Waals surface area contributed by atoms with Gasteiger partial charge in [0.15, 0.2) is 0 Å². The summed E-state index contributed by atoms with van der Waals surface area (Å²) in [7, 11) is 0. The molecule has 0 N–H and O–H groups in total. The van der Waals surface area contributed by atoms with Crippen molar-refractivity contribution in [3.63, 3.8) is 0 Å². The van der Waals surface area contributed by atoms with Crippen molar-refractivity contribution in [1.82, 2.24) is 0 Å². The van der Waals surface area contributed by atoms with Gasteiger partial charge in [0.05, 0.1) is 0 Å². The molecular formula is C22H44. The molecule has 0 spiro atoms. The van der Waals surface area contributed by atoms with Crippen LogP contribution in [-0.2, 0) is 0 Å². The summed E-state index contributed by atoms with van der Waals surface area (Å²) in [5.41, 5.74) is 0.529. The van der Waals surface area contributed by atoms with Crippen molar-refractivity contribution < 1.29 is 0 Å². The van der Waals surface area contributed by atoms with Gasteiger partial charge in [-0.3, -0.25) is 0 Å². The highest BCUT2D eigenvalue weighted by Crippen LogP contribution is 2.22. The van der Waals surface area contributed by atoms with Crippen molar-refractivity contribution in [3.8, 4) is 0 Å². The van der Waals surface area contributed by atoms with Crippen LogP contribution < -0.4 is 0 Å². The summed E-state index contributed by atoms with van der Waals surface area (Å²) < 4.78 is 0. The number of rotatable bonds is 15. The van der Waals surface area contributed by atoms with Gasteiger partial charge in [0, 0.05) is 0 Å². The third kappa shape index (κ3) is 19.7. The van der Waals surface area contributed by atoms with Gasteiger partial charge in [-0.05, 0) is 37.5 Å². The second-order valence-corrected chi connectivity index (χ2v) is 8.25. The van der Waals surface area contributed by atoms with E-state index in [1.807, 2.05) is 0 Å². The molecule has 0 radical (unpaired) electrons. The Morgan fingerprint density at radius 1 is 0.545 bits per heavy atom. The zero-order valence-electron chi connectivity index (χ0n) is 16.3. The monoisotopic (exact) mass is 308 g/mol. The maximum absolute atomic E-state index is 2.42. The first kappa shape index (κ1) is 21.7. The van der Waals surface area contributed by atoms with Crippen molar-refractivity contribution in [2.75, 3.05) is 0 Å². The minimum absolute atomic E-state index is 0.529. The van der Waals surface area contributed by atoms with Crippen LogP contribution >= 0.6 is 0 Å². The van der Waals surface area contributed by atoms with Gasteiger partial charge in [-0.15, -0.1) is 0 Å². The van der Waals surface area contributed by atoms with Crippen LogP contribution in [0.1, 0.15) is 124 Å². The van der Waals surface area contributed by atoms with Crippen molar-refractivity contribution in [3.05, 3.63) is 12.2 Å². The van der Waals surface area contributed by atoms with Crippen molar-refractivity contribution >= 4 is 0 Å². The van der Waals surface area contributed by atoms with E-state index in [2.05, 4.69) is 39.8 Å². The topological polar surface area (TPSA) is 0 Å². The predicted molar refractivity (Wildman–Crippen MR) is 104 cm³/mol. The fourth-order valence-corrected chi connectivity index (χ4v) is 2.90. The molecule has 22 heavy (non-hydrogen) atoms. The second kappa shape index (κ2) is 15.6. The molecule has 0 aromatic carbocycles. The number of unbranched alkanes of at least 4 members (excludes halogenated alkanes) is 12. The van der Waals surface area contributed by atoms with Gasteiger partial charge in [0.25, 0.3) is 0 Å². The van der Waals surface area contributed by atoms with Crippen molar-refractivity contribution in [2.24, 2.45) is 5.41 Å². The molecule has 0 heterocycles. The van der Waals surface area contributed by atoms with Crippen LogP contribution in [0.2, 0.25) is 0 Å². The molecule has 132 valence electrons. The summed E-state index contributed by atoms with van der Waals surface area (Å²) in [6, 6.07) is 0. The summed E-state index contributed by atoms with van der Waals surface area (Å²) in [5.74, 6) is 0. The zero-order chi connectivity index (χ0) is 16.5. The van der Waals surface area contributed by atoms with E-state index in [0.29, 0.717) is 5.41 Å². The van der Waals surface area contributed by atoms with Crippen LogP contribution in [0.3, 0.4) is 0 Å². The molecule has 0 heteroatoms. The van der Waals surface area contributed by atoms with Gasteiger partial charge in [-0.2, -0.15) is 0 Å². The first-order valence-electron chi connectivity index (χ1n) is 10.2. The minimum atomic E-state index is 0.529. The molecule has 0 aliphatic carbocycles. The molecule has 0 amide bonds. The van der Waals surface area contributed by atoms with E-state index >= 15 is 0 Å². The van der Waals surface area contributed by atoms with Gasteiger partial charge in [0.2, 0.25) is 0 Å². The van der Waals surface area contributed by atoms with Crippen LogP contribution in [0.25, 0.3) is 0 Å². The van der Waals surface area contributed by atoms with Crippen LogP contribution in [0.5, 0.6) is 0 Å². The first-order chi connectivity index (χ1) is 10.6. The number of hydrogen-bond donors (Lipinski definition) is 0. The molecular weight excluding hydrogens is 264 g/mol. The average molecular weight is 309 g/mol. The largest absolute Gasteiger partial charge is 0.0885 e. The molecule has 0 atom stereocenters. The Bertz CT molecular complexity index is 231. The first-order valence-corrected chi connectivity index (χ1v) is 10.2. The van der Waals surface area contributed by atoms with Gasteiger partial charge in [-0.1, -0.05) is 104 Å². The second-order valence-electron chi connectivity index (χ2n) is 8.25. The van der Waals surface area contributed by atoms with E-state index in [0.717, 1.165) is 0 Å². The molecule has 0 aliphatic rings. The SMILES string of the molecule is CCCCCCCC/C=C/CCCCCCCCC(C)(C)C. The summed E-state index contributed by atoms with van der Waals surface area (Å²) >= 11 is 0. The molecule has 0 aromatic rings. The standard InChI is InChI=1S/C22H44/c1-5-6-7-8-9-10-11-12-13-14-15-16-17-18-19-20-21-22(2,3)4/h12-13H,5-11,14-21H2,1-4H3/b13-12+. The van der Waals surface area contributed by atoms with E-state index in [1.165, 1.54) is 96.3 Å². The lowest BCUT2D eigenvalue weighted by molar-refractivity contribution is 0.356. The molecule has 0 fully saturated rings. The van der Waals surface area contributed by atoms with Gasteiger partial charge in [-0.25, -0.2) is 0 Å². The van der Waals surface area contributed by atoms with E-state index in [4.69, 9.17) is 0 Å². The summed E-state index contributed by atoms with van der Waals surface area (Å²) in [6.45, 7) is 9.34. The highest BCUT2D eigenvalue weighted by molar-refractivity contribution is 4.81. The van der Waals surface area contributed by atoms with Gasteiger partial charge in [0.1, 0.15) is 0 Å². The highest BCUT2D eigenvalue weighted by Gasteiger charge is 2.08. The minimum Gasteiger partial charge on any atom is -0.0885 e. The van der Waals surface area contributed by atoms with Gasteiger partial charge < -0.3 is 0 Å². The van der Waals surface area contributed by atoms with E-state index in [1.54, 1.807) is 0 Å². The molecule has 0 aliphatic heterocycles. The van der Waals surface area contributed by atoms with Crippen LogP contribution in [-0.4, -0.2) is 0 Å².